The average molecular weight is 243 g/mol. The van der Waals surface area contributed by atoms with E-state index < -0.39 is 0 Å². The Balaban J connectivity index is 2.27. The van der Waals surface area contributed by atoms with Crippen LogP contribution in [0, 0.1) is 6.92 Å². The summed E-state index contributed by atoms with van der Waals surface area (Å²) in [6.07, 6.45) is 4.69. The van der Waals surface area contributed by atoms with Gasteiger partial charge in [-0.3, -0.25) is 4.79 Å². The summed E-state index contributed by atoms with van der Waals surface area (Å²) in [5, 5.41) is 0. The van der Waals surface area contributed by atoms with Gasteiger partial charge in [-0.05, 0) is 30.2 Å². The number of nitrogens with zero attached hydrogens (tertiary/aromatic N) is 2. The zero-order chi connectivity index (χ0) is 13.1. The standard InChI is InChI=1S/C14H17N3O/c1-3-13-16-6-7-17(13)9-12-5-4-11(14(15)18)8-10(12)2/h4-8H,3,9H2,1-2H3,(H2,15,18). The van der Waals surface area contributed by atoms with Gasteiger partial charge in [-0.15, -0.1) is 0 Å². The molecule has 1 aromatic heterocycles. The van der Waals surface area contributed by atoms with Gasteiger partial charge in [-0.1, -0.05) is 13.0 Å². The molecule has 0 radical (unpaired) electrons. The van der Waals surface area contributed by atoms with Crippen molar-refractivity contribution in [1.82, 2.24) is 9.55 Å². The van der Waals surface area contributed by atoms with Crippen LogP contribution in [0.25, 0.3) is 0 Å². The van der Waals surface area contributed by atoms with Gasteiger partial charge in [0.2, 0.25) is 5.91 Å². The van der Waals surface area contributed by atoms with E-state index in [0.29, 0.717) is 5.56 Å². The van der Waals surface area contributed by atoms with Crippen LogP contribution in [0.4, 0.5) is 0 Å². The smallest absolute Gasteiger partial charge is 0.248 e. The maximum absolute atomic E-state index is 11.1. The van der Waals surface area contributed by atoms with E-state index in [9.17, 15) is 4.79 Å². The van der Waals surface area contributed by atoms with E-state index in [2.05, 4.69) is 16.5 Å². The van der Waals surface area contributed by atoms with Crippen LogP contribution in [0.5, 0.6) is 0 Å². The van der Waals surface area contributed by atoms with Crippen LogP contribution in [0.2, 0.25) is 0 Å². The molecule has 2 aromatic rings. The third kappa shape index (κ3) is 2.42. The van der Waals surface area contributed by atoms with Gasteiger partial charge in [0.05, 0.1) is 0 Å². The molecule has 1 amide bonds. The predicted molar refractivity (Wildman–Crippen MR) is 70.4 cm³/mol. The van der Waals surface area contributed by atoms with Crippen LogP contribution >= 0.6 is 0 Å². The zero-order valence-electron chi connectivity index (χ0n) is 10.7. The second-order valence-corrected chi connectivity index (χ2v) is 4.33. The summed E-state index contributed by atoms with van der Waals surface area (Å²) in [5.74, 6) is 0.676. The molecule has 0 aliphatic heterocycles. The summed E-state index contributed by atoms with van der Waals surface area (Å²) in [4.78, 5) is 15.4. The van der Waals surface area contributed by atoms with Crippen molar-refractivity contribution < 1.29 is 4.79 Å². The van der Waals surface area contributed by atoms with Gasteiger partial charge in [0.25, 0.3) is 0 Å². The van der Waals surface area contributed by atoms with Crippen molar-refractivity contribution in [2.75, 3.05) is 0 Å². The van der Waals surface area contributed by atoms with Crippen LogP contribution in [-0.4, -0.2) is 15.5 Å². The number of carbonyl (C=O) groups excluding carboxylic acids is 1. The van der Waals surface area contributed by atoms with Gasteiger partial charge < -0.3 is 10.3 Å². The van der Waals surface area contributed by atoms with Crippen LogP contribution in [0.1, 0.15) is 34.2 Å². The Kier molecular flexibility index (Phi) is 3.46. The maximum atomic E-state index is 11.1. The molecule has 2 N–H and O–H groups in total. The first kappa shape index (κ1) is 12.4. The molecule has 0 fully saturated rings. The number of nitrogens with two attached hydrogens (primary N) is 1. The van der Waals surface area contributed by atoms with E-state index in [0.717, 1.165) is 24.4 Å². The first-order valence-electron chi connectivity index (χ1n) is 6.01. The van der Waals surface area contributed by atoms with Crippen molar-refractivity contribution >= 4 is 5.91 Å². The second-order valence-electron chi connectivity index (χ2n) is 4.33. The van der Waals surface area contributed by atoms with Crippen molar-refractivity contribution in [2.45, 2.75) is 26.8 Å². The minimum Gasteiger partial charge on any atom is -0.366 e. The number of benzene rings is 1. The second kappa shape index (κ2) is 5.04. The summed E-state index contributed by atoms with van der Waals surface area (Å²) < 4.78 is 2.12. The van der Waals surface area contributed by atoms with Gasteiger partial charge >= 0.3 is 0 Å². The molecule has 2 rings (SSSR count). The van der Waals surface area contributed by atoms with Crippen LogP contribution in [-0.2, 0) is 13.0 Å². The molecule has 0 atom stereocenters. The Hall–Kier alpha value is -2.10. The fraction of sp³-hybridized carbons (Fsp3) is 0.286. The third-order valence-corrected chi connectivity index (χ3v) is 3.09. The zero-order valence-corrected chi connectivity index (χ0v) is 10.7. The summed E-state index contributed by atoms with van der Waals surface area (Å²) in [6, 6.07) is 5.56. The number of imidazole rings is 1. The van der Waals surface area contributed by atoms with Crippen LogP contribution < -0.4 is 5.73 Å². The van der Waals surface area contributed by atoms with Crippen molar-refractivity contribution in [1.29, 1.82) is 0 Å². The molecule has 0 unspecified atom stereocenters. The first-order chi connectivity index (χ1) is 8.61. The lowest BCUT2D eigenvalue weighted by molar-refractivity contribution is 0.1000. The van der Waals surface area contributed by atoms with Crippen molar-refractivity contribution in [3.05, 3.63) is 53.1 Å². The van der Waals surface area contributed by atoms with Gasteiger partial charge in [-0.2, -0.15) is 0 Å². The highest BCUT2D eigenvalue weighted by atomic mass is 16.1. The number of primary amides is 1. The normalized spacial score (nSPS) is 10.6. The third-order valence-electron chi connectivity index (χ3n) is 3.09. The fourth-order valence-corrected chi connectivity index (χ4v) is 2.01. The largest absolute Gasteiger partial charge is 0.366 e. The molecular weight excluding hydrogens is 226 g/mol. The number of amides is 1. The SMILES string of the molecule is CCc1nccn1Cc1ccc(C(N)=O)cc1C. The molecule has 0 spiro atoms. The van der Waals surface area contributed by atoms with E-state index in [4.69, 9.17) is 5.73 Å². The van der Waals surface area contributed by atoms with E-state index in [1.54, 1.807) is 6.07 Å². The molecule has 4 nitrogen and oxygen atoms in total. The minimum absolute atomic E-state index is 0.387. The molecular formula is C14H17N3O. The Morgan fingerprint density at radius 3 is 2.83 bits per heavy atom. The molecule has 0 aliphatic rings. The fourth-order valence-electron chi connectivity index (χ4n) is 2.01. The number of hydrogen-bond donors (Lipinski definition) is 1. The predicted octanol–water partition coefficient (Wildman–Crippen LogP) is 1.90. The van der Waals surface area contributed by atoms with Crippen LogP contribution in [0.3, 0.4) is 0 Å². The van der Waals surface area contributed by atoms with Crippen molar-refractivity contribution in [3.63, 3.8) is 0 Å². The Labute approximate surface area is 106 Å². The summed E-state index contributed by atoms with van der Waals surface area (Å²) >= 11 is 0. The Morgan fingerprint density at radius 1 is 1.44 bits per heavy atom. The highest BCUT2D eigenvalue weighted by molar-refractivity contribution is 5.93. The van der Waals surface area contributed by atoms with E-state index in [-0.39, 0.29) is 5.91 Å². The molecule has 0 saturated carbocycles. The number of rotatable bonds is 4. The highest BCUT2D eigenvalue weighted by Gasteiger charge is 2.06. The quantitative estimate of drug-likeness (QED) is 0.891. The molecule has 18 heavy (non-hydrogen) atoms. The molecule has 0 aliphatic carbocycles. The molecule has 1 heterocycles. The summed E-state index contributed by atoms with van der Waals surface area (Å²) in [6.45, 7) is 4.85. The number of aromatic nitrogens is 2. The Morgan fingerprint density at radius 2 is 2.22 bits per heavy atom. The summed E-state index contributed by atoms with van der Waals surface area (Å²) in [5.41, 5.74) is 8.06. The van der Waals surface area contributed by atoms with E-state index >= 15 is 0 Å². The Bertz CT molecular complexity index is 572. The van der Waals surface area contributed by atoms with Crippen molar-refractivity contribution in [3.8, 4) is 0 Å². The minimum atomic E-state index is -0.387. The van der Waals surface area contributed by atoms with Gasteiger partial charge in [0.15, 0.2) is 0 Å². The van der Waals surface area contributed by atoms with E-state index in [1.807, 2.05) is 31.5 Å². The average Bonchev–Trinajstić information content (AvgIpc) is 2.78. The lowest BCUT2D eigenvalue weighted by Crippen LogP contribution is -2.12. The maximum Gasteiger partial charge on any atom is 0.248 e. The topological polar surface area (TPSA) is 60.9 Å². The van der Waals surface area contributed by atoms with Gasteiger partial charge in [0, 0.05) is 30.9 Å². The monoisotopic (exact) mass is 243 g/mol. The number of aryl methyl sites for hydroxylation is 2. The first-order valence-corrected chi connectivity index (χ1v) is 6.01. The molecule has 4 heteroatoms. The number of hydrogen-bond acceptors (Lipinski definition) is 2. The van der Waals surface area contributed by atoms with Gasteiger partial charge in [0.1, 0.15) is 5.82 Å². The lowest BCUT2D eigenvalue weighted by atomic mass is 10.0. The molecule has 94 valence electrons. The van der Waals surface area contributed by atoms with Crippen LogP contribution in [0.15, 0.2) is 30.6 Å². The molecule has 0 saturated heterocycles. The lowest BCUT2D eigenvalue weighted by Gasteiger charge is -2.10. The van der Waals surface area contributed by atoms with Gasteiger partial charge in [-0.25, -0.2) is 4.98 Å². The highest BCUT2D eigenvalue weighted by Crippen LogP contribution is 2.13. The van der Waals surface area contributed by atoms with Crippen molar-refractivity contribution in [2.24, 2.45) is 5.73 Å². The van der Waals surface area contributed by atoms with E-state index in [1.165, 1.54) is 5.56 Å². The number of carbonyl (C=O) groups is 1. The molecule has 0 bridgehead atoms. The molecule has 1 aromatic carbocycles. The summed E-state index contributed by atoms with van der Waals surface area (Å²) in [7, 11) is 0.